The molecule has 41 nitrogen and oxygen atoms in total. The third-order valence-corrected chi connectivity index (χ3v) is 27.7. The maximum absolute atomic E-state index is 16.0. The van der Waals surface area contributed by atoms with Crippen LogP contribution >= 0.6 is 48.8 Å². The number of hydrogen-bond donors (Lipinski definition) is 26. The van der Waals surface area contributed by atoms with Crippen molar-refractivity contribution in [3.05, 3.63) is 160 Å². The van der Waals surface area contributed by atoms with Crippen molar-refractivity contribution in [2.24, 2.45) is 57.9 Å². The molecule has 2 aliphatic rings. The molecule has 0 aliphatic carbocycles. The predicted molar refractivity (Wildman–Crippen MR) is 572 cm³/mol. The van der Waals surface area contributed by atoms with Gasteiger partial charge in [0.2, 0.25) is 35.4 Å². The van der Waals surface area contributed by atoms with Gasteiger partial charge in [-0.25, -0.2) is 9.59 Å². The number of Topliss-reactive ketones (excluding diaryl/α,β-unsaturated/α-hetero) is 5. The third-order valence-electron chi connectivity index (χ3n) is 25.8. The molecule has 9 rings (SSSR count). The second kappa shape index (κ2) is 56.5. The normalized spacial score (nSPS) is 15.1. The fourth-order valence-corrected chi connectivity index (χ4v) is 19.8. The first-order valence-electron chi connectivity index (χ1n) is 49.0. The number of guanidine groups is 4. The number of nitrogens with zero attached hydrogens (tertiary/aromatic N) is 1. The maximum Gasteiger partial charge on any atom is 0.336 e. The standard InChI is InChI=1S/C103H138N20O21S4/c1-56(124)88(82(131)47-62(20-13-35-114-99(108)109)92(135)122-89(96(140)141)102(2,3)4)121-93(136)73(103(5,6)147)52-81(130)77-23-15-38-123(77)94(137)63(44-64-55-148-85-24-10-9-21-68(64)85)48-79(128)75(43-57-25-26-58-16-7-8-17-59(58)42-57)120-91(134)60(18-11-33-112-97(104)105)45-78(127)74(22-14-36-115-100(110)111)119-90(133)61(19-12-34-113-98(106)107)46-80(129)76(54-145)118-86(132)53-143-41-40-142-39-37-116-101(146)117-65-27-30-69(72(49-65)95(138)139)87-70-31-28-66(125)50-83(70)144-84-51-67(126)29-32-71(84)87/h7-10,16-17,21,24-32,42,49-51,55-56,60-63,73-77,87-89,124-126,145,147H,11-15,18-20,22-23,33-41,43-48,52-54H2,1-6H3,(H,118,132)(H,119,133)(H,120,134)(H,121,136)(H,122,135)(H,138,139)(H,140,141)(H4,104,105,112)(H4,106,107,113)(H4,108,109,114)(H4,110,111,115)(H2,116,117,146)/t56-,60-,61+,62-,63-,73-,74+,75+,76+,77+,88+,89-/m1/s1. The number of carbonyl (C=O) groups is 13. The molecule has 0 unspecified atom stereocenters. The van der Waals surface area contributed by atoms with Crippen molar-refractivity contribution in [3.63, 3.8) is 0 Å². The number of benzene rings is 6. The van der Waals surface area contributed by atoms with Gasteiger partial charge in [0.1, 0.15) is 41.7 Å². The molecule has 0 radical (unpaired) electrons. The number of carboxylic acids is 2. The van der Waals surface area contributed by atoms with Crippen LogP contribution in [-0.2, 0) is 79.8 Å². The van der Waals surface area contributed by atoms with E-state index < -0.39 is 215 Å². The fraction of sp³-hybridized carbons (Fsp3) is 0.476. The van der Waals surface area contributed by atoms with Crippen LogP contribution in [0.15, 0.2) is 127 Å². The largest absolute Gasteiger partial charge is 0.508 e. The molecule has 28 N–H and O–H groups in total. The van der Waals surface area contributed by atoms with Gasteiger partial charge in [-0.05, 0) is 170 Å². The Labute approximate surface area is 878 Å². The van der Waals surface area contributed by atoms with E-state index in [1.807, 2.05) is 66.0 Å². The number of aliphatic hydroxyl groups excluding tert-OH is 1. The molecule has 0 saturated carbocycles. The number of fused-ring (bicyclic) bond motifs is 4. The monoisotopic (exact) mass is 2120 g/mol. The minimum absolute atomic E-state index is 0.00825. The molecule has 0 spiro atoms. The Balaban J connectivity index is 0.887. The number of thiocarbonyl (C=S) groups is 1. The summed E-state index contributed by atoms with van der Waals surface area (Å²) in [4.78, 5) is 191. The number of aliphatic carboxylic acids is 1. The molecule has 6 aromatic carbocycles. The van der Waals surface area contributed by atoms with Crippen LogP contribution in [0, 0.1) is 56.6 Å². The number of rotatable bonds is 60. The molecule has 1 saturated heterocycles. The molecule has 3 heterocycles. The highest BCUT2D eigenvalue weighted by molar-refractivity contribution is 7.81. The van der Waals surface area contributed by atoms with Crippen molar-refractivity contribution in [1.29, 1.82) is 21.6 Å². The average Bonchev–Trinajstić information content (AvgIpc) is 0.941. The van der Waals surface area contributed by atoms with Crippen molar-refractivity contribution in [2.75, 3.05) is 76.8 Å². The second-order valence-corrected chi connectivity index (χ2v) is 41.6. The van der Waals surface area contributed by atoms with Gasteiger partial charge in [0.25, 0.3) is 0 Å². The highest BCUT2D eigenvalue weighted by atomic mass is 32.1. The molecule has 7 aromatic rings. The van der Waals surface area contributed by atoms with Crippen LogP contribution in [0.4, 0.5) is 5.69 Å². The molecule has 1 fully saturated rings. The lowest BCUT2D eigenvalue weighted by molar-refractivity contribution is -0.146. The highest BCUT2D eigenvalue weighted by Crippen LogP contribution is 2.50. The molecule has 1 aromatic heterocycles. The minimum Gasteiger partial charge on any atom is -0.508 e. The van der Waals surface area contributed by atoms with Gasteiger partial charge in [-0.2, -0.15) is 25.3 Å². The number of anilines is 1. The zero-order chi connectivity index (χ0) is 108. The number of amides is 6. The number of phenolic OH excluding ortho intramolecular Hbond substituents is 2. The zero-order valence-corrected chi connectivity index (χ0v) is 87.1. The second-order valence-electron chi connectivity index (χ2n) is 38.7. The quantitative estimate of drug-likeness (QED) is 0.00616. The zero-order valence-electron chi connectivity index (χ0n) is 83.7. The number of hydrogen-bond acceptors (Lipinski definition) is 27. The van der Waals surface area contributed by atoms with Gasteiger partial charge < -0.3 is 126 Å². The maximum atomic E-state index is 16.0. The molecule has 148 heavy (non-hydrogen) atoms. The summed E-state index contributed by atoms with van der Waals surface area (Å²) in [5, 5.41) is 118. The predicted octanol–water partition coefficient (Wildman–Crippen LogP) is 6.75. The summed E-state index contributed by atoms with van der Waals surface area (Å²) >= 11 is 16.1. The molecular weight excluding hydrogens is 1980 g/mol. The van der Waals surface area contributed by atoms with E-state index in [-0.39, 0.29) is 181 Å². The number of aromatic hydroxyl groups is 2. The smallest absolute Gasteiger partial charge is 0.336 e. The van der Waals surface area contributed by atoms with Crippen LogP contribution in [0.3, 0.4) is 0 Å². The van der Waals surface area contributed by atoms with E-state index in [9.17, 15) is 59.1 Å². The highest BCUT2D eigenvalue weighted by Gasteiger charge is 2.46. The first-order chi connectivity index (χ1) is 70.2. The molecule has 6 amide bonds. The number of ether oxygens (including phenoxy) is 3. The van der Waals surface area contributed by atoms with Crippen molar-refractivity contribution < 1.29 is 102 Å². The van der Waals surface area contributed by atoms with Crippen LogP contribution in [0.5, 0.6) is 23.0 Å². The SMILES string of the molecule is C[C@@H](O)[C@H](NC(=O)[C@@H](CC(=O)[C@@H]1CCCN1C(=O)[C@@H](CC(=O)[C@H](Cc1ccc2ccccc2c1)NC(=O)[C@H](CCCNC(=N)N)CC(=O)[C@H](CCCNC(=N)N)NC(=O)[C@@H](CCCNC(=N)N)CC(=O)[C@H](CS)NC(=O)COCCOCCNC(=S)Nc1ccc(C2c3ccc(O)cc3Oc3cc(O)ccc32)c(C(=O)O)c1)Cc1csc2ccccc12)C(C)(C)S)C(=O)C[C@@H](CCCNC(=N)N)C(=O)N[C@H](C(=O)O)C(C)(C)C. The van der Waals surface area contributed by atoms with Crippen LogP contribution in [0.25, 0.3) is 20.9 Å². The molecule has 2 aliphatic heterocycles. The van der Waals surface area contributed by atoms with Crippen molar-refractivity contribution >= 4 is 181 Å². The first kappa shape index (κ1) is 118. The Hall–Kier alpha value is -13.6. The van der Waals surface area contributed by atoms with Crippen molar-refractivity contribution in [2.45, 2.75) is 204 Å². The van der Waals surface area contributed by atoms with E-state index in [0.29, 0.717) is 39.9 Å². The number of likely N-dealkylation sites (tertiary alicyclic amines) is 1. The summed E-state index contributed by atoms with van der Waals surface area (Å²) in [6, 6.07) is 25.9. The summed E-state index contributed by atoms with van der Waals surface area (Å²) in [5.74, 6) is -18.6. The van der Waals surface area contributed by atoms with E-state index in [0.717, 1.165) is 20.9 Å². The Morgan fingerprint density at radius 3 is 1.63 bits per heavy atom. The van der Waals surface area contributed by atoms with Crippen LogP contribution in [0.1, 0.15) is 182 Å². The average molecular weight is 2120 g/mol. The van der Waals surface area contributed by atoms with Gasteiger partial charge in [0.05, 0.1) is 61.6 Å². The minimum atomic E-state index is -1.67. The number of phenols is 2. The lowest BCUT2D eigenvalue weighted by atomic mass is 9.80. The van der Waals surface area contributed by atoms with Crippen LogP contribution in [0.2, 0.25) is 0 Å². The number of thiophene rings is 1. The van der Waals surface area contributed by atoms with Gasteiger partial charge in [0.15, 0.2) is 57.9 Å². The number of thiol groups is 2. The number of carbonyl (C=O) groups excluding carboxylic acids is 11. The van der Waals surface area contributed by atoms with Gasteiger partial charge in [-0.1, -0.05) is 113 Å². The Bertz CT molecular complexity index is 5900. The molecule has 800 valence electrons. The van der Waals surface area contributed by atoms with Gasteiger partial charge >= 0.3 is 11.9 Å². The molecule has 45 heteroatoms. The lowest BCUT2D eigenvalue weighted by Gasteiger charge is -2.33. The number of aromatic carboxylic acids is 1. The van der Waals surface area contributed by atoms with Crippen LogP contribution < -0.4 is 86.2 Å². The van der Waals surface area contributed by atoms with Crippen molar-refractivity contribution in [3.8, 4) is 23.0 Å². The fourth-order valence-electron chi connectivity index (χ4n) is 18.1. The summed E-state index contributed by atoms with van der Waals surface area (Å²) in [7, 11) is 0. The summed E-state index contributed by atoms with van der Waals surface area (Å²) in [6.07, 6.45) is -3.76. The number of nitrogens with two attached hydrogens (primary N) is 4. The van der Waals surface area contributed by atoms with Gasteiger partial charge in [-0.3, -0.25) is 74.4 Å². The van der Waals surface area contributed by atoms with E-state index in [2.05, 4.69) is 71.1 Å². The Kier molecular flexibility index (Phi) is 45.0. The Morgan fingerprint density at radius 2 is 1.07 bits per heavy atom. The summed E-state index contributed by atoms with van der Waals surface area (Å²) < 4.78 is 16.8. The van der Waals surface area contributed by atoms with Crippen molar-refractivity contribution in [1.82, 2.24) is 58.1 Å². The van der Waals surface area contributed by atoms with E-state index in [1.165, 1.54) is 53.5 Å². The number of ketones is 5. The molecule has 12 atom stereocenters. The number of nitrogens with one attached hydrogen (secondary N) is 15. The Morgan fingerprint density at radius 1 is 0.554 bits per heavy atom. The van der Waals surface area contributed by atoms with Gasteiger partial charge in [-0.15, -0.1) is 11.3 Å². The molecule has 0 bridgehead atoms. The summed E-state index contributed by atoms with van der Waals surface area (Å²) in [6.45, 7) is 9.21. The summed E-state index contributed by atoms with van der Waals surface area (Å²) in [5.41, 5.74) is 24.7. The topological polar surface area (TPSA) is 686 Å². The number of aliphatic hydroxyl groups is 1. The van der Waals surface area contributed by atoms with E-state index >= 15 is 28.8 Å². The number of carboxylic acid groups (broad SMARTS) is 2. The van der Waals surface area contributed by atoms with E-state index in [4.69, 9.17) is 83.6 Å². The van der Waals surface area contributed by atoms with Crippen LogP contribution in [-0.4, -0.2) is 254 Å². The van der Waals surface area contributed by atoms with E-state index in [1.54, 1.807) is 65.0 Å². The van der Waals surface area contributed by atoms with Gasteiger partial charge in [0, 0.05) is 145 Å². The third kappa shape index (κ3) is 35.9. The first-order valence-corrected chi connectivity index (χ1v) is 51.4. The molecular formula is C103H138N20O21S4. The lowest BCUT2D eigenvalue weighted by Crippen LogP contribution is -2.54.